The van der Waals surface area contributed by atoms with E-state index < -0.39 is 74.3 Å². The molecule has 14 nitrogen and oxygen atoms in total. The largest absolute Gasteiger partial charge is 0.470 e. The van der Waals surface area contributed by atoms with Gasteiger partial charge < -0.3 is 33.5 Å². The summed E-state index contributed by atoms with van der Waals surface area (Å²) >= 11 is 0. The van der Waals surface area contributed by atoms with Crippen LogP contribution in [0.1, 0.15) is 34.6 Å². The van der Waals surface area contributed by atoms with E-state index in [0.717, 1.165) is 34.6 Å². The standard InChI is InChI=1S/C16H23O14P/c1-6(17)25-11-12(26-7(2)18)14(28-9(4)20)16(30-31(22,23)24)15(29-10(5)21)13(11)27-8(3)19/h11-16H,1-5H3,(H2,22,23,24)/t11?,12-,13?,14?,15+,16?/m1/s1. The van der Waals surface area contributed by atoms with Crippen LogP contribution in [0.15, 0.2) is 0 Å². The van der Waals surface area contributed by atoms with Gasteiger partial charge in [0.1, 0.15) is 0 Å². The van der Waals surface area contributed by atoms with E-state index in [1.807, 2.05) is 0 Å². The van der Waals surface area contributed by atoms with E-state index in [1.54, 1.807) is 0 Å². The van der Waals surface area contributed by atoms with Gasteiger partial charge in [0, 0.05) is 34.6 Å². The summed E-state index contributed by atoms with van der Waals surface area (Å²) in [6, 6.07) is 0. The lowest BCUT2D eigenvalue weighted by Crippen LogP contribution is -2.68. The van der Waals surface area contributed by atoms with Crippen molar-refractivity contribution in [1.82, 2.24) is 0 Å². The molecule has 1 aliphatic rings. The molecular formula is C16H23O14P. The molecule has 4 unspecified atom stereocenters. The Morgan fingerprint density at radius 1 is 0.516 bits per heavy atom. The summed E-state index contributed by atoms with van der Waals surface area (Å²) < 4.78 is 41.5. The monoisotopic (exact) mass is 470 g/mol. The Balaban J connectivity index is 3.73. The van der Waals surface area contributed by atoms with Gasteiger partial charge in [0.15, 0.2) is 36.6 Å². The maximum atomic E-state index is 11.7. The van der Waals surface area contributed by atoms with Crippen molar-refractivity contribution in [1.29, 1.82) is 0 Å². The fraction of sp³-hybridized carbons (Fsp3) is 0.688. The molecule has 31 heavy (non-hydrogen) atoms. The van der Waals surface area contributed by atoms with E-state index in [9.17, 15) is 38.3 Å². The highest BCUT2D eigenvalue weighted by atomic mass is 31.2. The molecule has 0 saturated heterocycles. The first-order chi connectivity index (χ1) is 14.1. The lowest BCUT2D eigenvalue weighted by Gasteiger charge is -2.47. The molecule has 1 saturated carbocycles. The zero-order chi connectivity index (χ0) is 24.1. The van der Waals surface area contributed by atoms with Crippen LogP contribution < -0.4 is 0 Å². The van der Waals surface area contributed by atoms with E-state index in [4.69, 9.17) is 23.7 Å². The number of carbonyl (C=O) groups is 5. The Morgan fingerprint density at radius 2 is 0.710 bits per heavy atom. The van der Waals surface area contributed by atoms with E-state index in [-0.39, 0.29) is 0 Å². The predicted molar refractivity (Wildman–Crippen MR) is 94.7 cm³/mol. The highest BCUT2D eigenvalue weighted by Crippen LogP contribution is 2.44. The highest BCUT2D eigenvalue weighted by molar-refractivity contribution is 7.46. The molecule has 0 amide bonds. The molecule has 0 aromatic carbocycles. The number of esters is 5. The third-order valence-corrected chi connectivity index (χ3v) is 4.23. The smallest absolute Gasteiger partial charge is 0.455 e. The first kappa shape index (κ1) is 26.5. The fourth-order valence-electron chi connectivity index (χ4n) is 3.03. The lowest BCUT2D eigenvalue weighted by atomic mass is 9.83. The summed E-state index contributed by atoms with van der Waals surface area (Å²) in [7, 11) is -5.34. The van der Waals surface area contributed by atoms with E-state index in [0.29, 0.717) is 0 Å². The van der Waals surface area contributed by atoms with Crippen LogP contribution in [-0.4, -0.2) is 76.3 Å². The Labute approximate surface area is 176 Å². The molecule has 15 heteroatoms. The maximum absolute atomic E-state index is 11.7. The third kappa shape index (κ3) is 8.25. The Morgan fingerprint density at radius 3 is 0.871 bits per heavy atom. The molecule has 1 fully saturated rings. The average molecular weight is 470 g/mol. The zero-order valence-electron chi connectivity index (χ0n) is 17.2. The molecule has 0 aromatic heterocycles. The van der Waals surface area contributed by atoms with Crippen LogP contribution >= 0.6 is 7.82 Å². The molecule has 0 bridgehead atoms. The minimum absolute atomic E-state index is 0.930. The van der Waals surface area contributed by atoms with E-state index in [1.165, 1.54) is 0 Å². The Bertz CT molecular complexity index is 728. The quantitative estimate of drug-likeness (QED) is 0.264. The third-order valence-electron chi connectivity index (χ3n) is 3.71. The first-order valence-corrected chi connectivity index (χ1v) is 10.3. The van der Waals surface area contributed by atoms with Crippen LogP contribution in [0.5, 0.6) is 0 Å². The van der Waals surface area contributed by atoms with Gasteiger partial charge in [0.2, 0.25) is 0 Å². The Kier molecular flexibility index (Phi) is 9.11. The first-order valence-electron chi connectivity index (χ1n) is 8.72. The minimum atomic E-state index is -5.34. The van der Waals surface area contributed by atoms with Crippen molar-refractivity contribution < 1.29 is 66.5 Å². The van der Waals surface area contributed by atoms with Crippen LogP contribution in [0.4, 0.5) is 0 Å². The molecule has 1 aliphatic carbocycles. The lowest BCUT2D eigenvalue weighted by molar-refractivity contribution is -0.253. The fourth-order valence-corrected chi connectivity index (χ4v) is 3.59. The van der Waals surface area contributed by atoms with Crippen LogP contribution in [0.25, 0.3) is 0 Å². The molecule has 0 aliphatic heterocycles. The normalized spacial score (nSPS) is 28.1. The second-order valence-corrected chi connectivity index (χ2v) is 7.62. The molecular weight excluding hydrogens is 447 g/mol. The van der Waals surface area contributed by atoms with Crippen LogP contribution in [0, 0.1) is 0 Å². The molecule has 1 rings (SSSR count). The number of rotatable bonds is 7. The summed E-state index contributed by atoms with van der Waals surface area (Å²) in [4.78, 5) is 77.0. The SMILES string of the molecule is CC(=O)OC1C(OC(C)=O)[C@H](OC(C)=O)C(OP(=O)(O)O)C(OC(C)=O)[C@@H]1OC(C)=O. The number of phosphoric acid groups is 1. The molecule has 2 N–H and O–H groups in total. The van der Waals surface area contributed by atoms with Crippen molar-refractivity contribution in [3.05, 3.63) is 0 Å². The number of ether oxygens (including phenoxy) is 5. The van der Waals surface area contributed by atoms with Gasteiger partial charge in [-0.05, 0) is 0 Å². The van der Waals surface area contributed by atoms with Gasteiger partial charge in [-0.25, -0.2) is 4.57 Å². The van der Waals surface area contributed by atoms with Crippen LogP contribution in [0.3, 0.4) is 0 Å². The van der Waals surface area contributed by atoms with Crippen molar-refractivity contribution in [2.24, 2.45) is 0 Å². The van der Waals surface area contributed by atoms with E-state index >= 15 is 0 Å². The van der Waals surface area contributed by atoms with Crippen molar-refractivity contribution in [2.75, 3.05) is 0 Å². The second kappa shape index (κ2) is 10.7. The van der Waals surface area contributed by atoms with Gasteiger partial charge in [-0.15, -0.1) is 0 Å². The summed E-state index contributed by atoms with van der Waals surface area (Å²) in [6.07, 6.45) is -10.9. The molecule has 0 aromatic rings. The minimum Gasteiger partial charge on any atom is -0.455 e. The topological polar surface area (TPSA) is 198 Å². The summed E-state index contributed by atoms with van der Waals surface area (Å²) in [5, 5.41) is 0. The van der Waals surface area contributed by atoms with Crippen LogP contribution in [0.2, 0.25) is 0 Å². The zero-order valence-corrected chi connectivity index (χ0v) is 18.1. The van der Waals surface area contributed by atoms with E-state index in [2.05, 4.69) is 4.52 Å². The molecule has 0 radical (unpaired) electrons. The van der Waals surface area contributed by atoms with Gasteiger partial charge >= 0.3 is 37.7 Å². The van der Waals surface area contributed by atoms with Crippen molar-refractivity contribution in [2.45, 2.75) is 71.2 Å². The van der Waals surface area contributed by atoms with Gasteiger partial charge in [0.25, 0.3) is 0 Å². The number of hydrogen-bond donors (Lipinski definition) is 2. The number of hydrogen-bond acceptors (Lipinski definition) is 12. The maximum Gasteiger partial charge on any atom is 0.470 e. The second-order valence-electron chi connectivity index (χ2n) is 6.43. The summed E-state index contributed by atoms with van der Waals surface area (Å²) in [6.45, 7) is 4.73. The molecule has 0 spiro atoms. The highest BCUT2D eigenvalue weighted by Gasteiger charge is 2.61. The van der Waals surface area contributed by atoms with Crippen LogP contribution in [-0.2, 0) is 56.7 Å². The average Bonchev–Trinajstić information content (AvgIpc) is 2.54. The van der Waals surface area contributed by atoms with Crippen molar-refractivity contribution >= 4 is 37.7 Å². The predicted octanol–water partition coefficient (Wildman–Crippen LogP) is -0.864. The Hall–Kier alpha value is -2.54. The van der Waals surface area contributed by atoms with Gasteiger partial charge in [0.05, 0.1) is 0 Å². The number of phosphoric ester groups is 1. The van der Waals surface area contributed by atoms with Gasteiger partial charge in [-0.3, -0.25) is 28.5 Å². The summed E-state index contributed by atoms with van der Waals surface area (Å²) in [5.41, 5.74) is 0. The van der Waals surface area contributed by atoms with Gasteiger partial charge in [-0.1, -0.05) is 0 Å². The molecule has 0 heterocycles. The van der Waals surface area contributed by atoms with Gasteiger partial charge in [-0.2, -0.15) is 0 Å². The molecule has 176 valence electrons. The van der Waals surface area contributed by atoms with Crippen molar-refractivity contribution in [3.8, 4) is 0 Å². The number of carbonyl (C=O) groups excluding carboxylic acids is 5. The molecule has 6 atom stereocenters. The summed E-state index contributed by atoms with van der Waals surface area (Å²) in [5.74, 6) is -4.90. The van der Waals surface area contributed by atoms with Crippen molar-refractivity contribution in [3.63, 3.8) is 0 Å².